The number of nitrogens with zero attached hydrogens (tertiary/aromatic N) is 1. The topological polar surface area (TPSA) is 3.24 Å². The van der Waals surface area contributed by atoms with Crippen molar-refractivity contribution in [2.45, 2.75) is 6.18 Å². The maximum absolute atomic E-state index is 12.0. The van der Waals surface area contributed by atoms with Crippen LogP contribution in [0.2, 0.25) is 0 Å². The van der Waals surface area contributed by atoms with Gasteiger partial charge >= 0.3 is 6.18 Å². The third-order valence-electron chi connectivity index (χ3n) is 1.42. The van der Waals surface area contributed by atoms with Crippen LogP contribution in [0.3, 0.4) is 0 Å². The van der Waals surface area contributed by atoms with Gasteiger partial charge in [0, 0.05) is 24.2 Å². The second-order valence-electron chi connectivity index (χ2n) is 2.57. The second kappa shape index (κ2) is 6.95. The molecular formula is C7H13BrF3NS. The molecule has 0 heterocycles. The summed E-state index contributed by atoms with van der Waals surface area (Å²) in [6, 6.07) is 0. The summed E-state index contributed by atoms with van der Waals surface area (Å²) >= 11 is 4.69. The highest BCUT2D eigenvalue weighted by atomic mass is 79.9. The zero-order chi connectivity index (χ0) is 10.3. The second-order valence-corrected chi connectivity index (χ2v) is 4.35. The average Bonchev–Trinajstić information content (AvgIpc) is 1.98. The summed E-state index contributed by atoms with van der Waals surface area (Å²) < 4.78 is 36.0. The molecule has 13 heavy (non-hydrogen) atoms. The van der Waals surface area contributed by atoms with E-state index < -0.39 is 12.7 Å². The van der Waals surface area contributed by atoms with Crippen LogP contribution in [-0.4, -0.2) is 48.0 Å². The van der Waals surface area contributed by atoms with Crippen molar-refractivity contribution in [2.75, 3.05) is 37.0 Å². The monoisotopic (exact) mass is 279 g/mol. The highest BCUT2D eigenvalue weighted by Gasteiger charge is 2.29. The molecule has 0 aromatic rings. The molecule has 0 unspecified atom stereocenters. The van der Waals surface area contributed by atoms with Gasteiger partial charge in [-0.25, -0.2) is 0 Å². The van der Waals surface area contributed by atoms with Gasteiger partial charge in [-0.05, 0) is 6.26 Å². The number of hydrogen-bond donors (Lipinski definition) is 0. The van der Waals surface area contributed by atoms with Gasteiger partial charge in [0.1, 0.15) is 0 Å². The van der Waals surface area contributed by atoms with Crippen LogP contribution < -0.4 is 0 Å². The lowest BCUT2D eigenvalue weighted by atomic mass is 10.4. The molecule has 0 saturated heterocycles. The quantitative estimate of drug-likeness (QED) is 0.688. The molecule has 0 amide bonds. The van der Waals surface area contributed by atoms with Crippen LogP contribution in [0.15, 0.2) is 0 Å². The maximum Gasteiger partial charge on any atom is 0.401 e. The molecule has 0 aromatic heterocycles. The summed E-state index contributed by atoms with van der Waals surface area (Å²) in [5.41, 5.74) is 0. The highest BCUT2D eigenvalue weighted by molar-refractivity contribution is 9.09. The van der Waals surface area contributed by atoms with Gasteiger partial charge in [-0.15, -0.1) is 0 Å². The summed E-state index contributed by atoms with van der Waals surface area (Å²) in [4.78, 5) is 1.41. The molecule has 0 spiro atoms. The number of thioether (sulfide) groups is 1. The van der Waals surface area contributed by atoms with Crippen LogP contribution in [0.25, 0.3) is 0 Å². The van der Waals surface area contributed by atoms with Crippen LogP contribution in [0.1, 0.15) is 0 Å². The number of hydrogen-bond acceptors (Lipinski definition) is 2. The lowest BCUT2D eigenvalue weighted by Gasteiger charge is -2.21. The van der Waals surface area contributed by atoms with Crippen molar-refractivity contribution in [3.05, 3.63) is 0 Å². The fourth-order valence-electron chi connectivity index (χ4n) is 0.863. The van der Waals surface area contributed by atoms with Crippen molar-refractivity contribution in [2.24, 2.45) is 0 Å². The van der Waals surface area contributed by atoms with Crippen molar-refractivity contribution in [3.8, 4) is 0 Å². The predicted octanol–water partition coefficient (Wildman–Crippen LogP) is 2.61. The fourth-order valence-corrected chi connectivity index (χ4v) is 1.81. The van der Waals surface area contributed by atoms with E-state index in [1.165, 1.54) is 4.90 Å². The molecule has 0 bridgehead atoms. The molecule has 0 aliphatic rings. The molecule has 6 heteroatoms. The molecule has 0 aromatic carbocycles. The number of rotatable bonds is 6. The van der Waals surface area contributed by atoms with Crippen molar-refractivity contribution in [1.29, 1.82) is 0 Å². The Morgan fingerprint density at radius 2 is 1.92 bits per heavy atom. The molecule has 0 N–H and O–H groups in total. The van der Waals surface area contributed by atoms with Gasteiger partial charge in [-0.1, -0.05) is 15.9 Å². The van der Waals surface area contributed by atoms with Gasteiger partial charge < -0.3 is 0 Å². The van der Waals surface area contributed by atoms with Gasteiger partial charge in [-0.2, -0.15) is 24.9 Å². The average molecular weight is 280 g/mol. The Kier molecular flexibility index (Phi) is 7.26. The van der Waals surface area contributed by atoms with Crippen LogP contribution in [0.4, 0.5) is 13.2 Å². The lowest BCUT2D eigenvalue weighted by Crippen LogP contribution is -2.37. The minimum absolute atomic E-state index is 0.445. The molecule has 0 rings (SSSR count). The van der Waals surface area contributed by atoms with E-state index in [0.717, 1.165) is 5.75 Å². The number of halogens is 4. The van der Waals surface area contributed by atoms with Crippen molar-refractivity contribution in [1.82, 2.24) is 4.90 Å². The summed E-state index contributed by atoms with van der Waals surface area (Å²) in [5, 5.41) is 0.581. The van der Waals surface area contributed by atoms with Crippen molar-refractivity contribution in [3.63, 3.8) is 0 Å². The smallest absolute Gasteiger partial charge is 0.293 e. The van der Waals surface area contributed by atoms with Crippen molar-refractivity contribution >= 4 is 27.7 Å². The Labute approximate surface area is 89.2 Å². The summed E-state index contributed by atoms with van der Waals surface area (Å²) in [7, 11) is 0. The van der Waals surface area contributed by atoms with E-state index >= 15 is 0 Å². The summed E-state index contributed by atoms with van der Waals surface area (Å²) in [5.74, 6) is 0.739. The zero-order valence-corrected chi connectivity index (χ0v) is 9.81. The van der Waals surface area contributed by atoms with E-state index in [1.54, 1.807) is 11.8 Å². The first-order valence-corrected chi connectivity index (χ1v) is 6.35. The molecular weight excluding hydrogens is 267 g/mol. The molecule has 80 valence electrons. The predicted molar refractivity (Wildman–Crippen MR) is 54.7 cm³/mol. The summed E-state index contributed by atoms with van der Waals surface area (Å²) in [6.45, 7) is 0.130. The molecule has 0 fully saturated rings. The maximum atomic E-state index is 12.0. The normalized spacial score (nSPS) is 12.5. The van der Waals surface area contributed by atoms with Crippen LogP contribution in [0.5, 0.6) is 0 Å². The zero-order valence-electron chi connectivity index (χ0n) is 7.40. The summed E-state index contributed by atoms with van der Waals surface area (Å²) in [6.07, 6.45) is -2.19. The van der Waals surface area contributed by atoms with Gasteiger partial charge in [0.2, 0.25) is 0 Å². The van der Waals surface area contributed by atoms with Gasteiger partial charge in [0.25, 0.3) is 0 Å². The van der Waals surface area contributed by atoms with Gasteiger partial charge in [0.05, 0.1) is 6.54 Å². The Bertz CT molecular complexity index is 131. The largest absolute Gasteiger partial charge is 0.401 e. The molecule has 1 nitrogen and oxygen atoms in total. The van der Waals surface area contributed by atoms with Crippen LogP contribution >= 0.6 is 27.7 Å². The minimum atomic E-state index is -4.08. The van der Waals surface area contributed by atoms with E-state index in [9.17, 15) is 13.2 Å². The van der Waals surface area contributed by atoms with E-state index in [4.69, 9.17) is 0 Å². The number of alkyl halides is 4. The van der Waals surface area contributed by atoms with Crippen LogP contribution in [-0.2, 0) is 0 Å². The Hall–Kier alpha value is 0.580. The van der Waals surface area contributed by atoms with E-state index in [2.05, 4.69) is 15.9 Å². The molecule has 0 aliphatic heterocycles. The van der Waals surface area contributed by atoms with Crippen LogP contribution in [0, 0.1) is 0 Å². The van der Waals surface area contributed by atoms with Crippen molar-refractivity contribution < 1.29 is 13.2 Å². The lowest BCUT2D eigenvalue weighted by molar-refractivity contribution is -0.144. The third kappa shape index (κ3) is 8.90. The first-order valence-electron chi connectivity index (χ1n) is 3.83. The Balaban J connectivity index is 3.79. The Morgan fingerprint density at radius 3 is 2.31 bits per heavy atom. The van der Waals surface area contributed by atoms with E-state index in [0.29, 0.717) is 18.4 Å². The van der Waals surface area contributed by atoms with E-state index in [-0.39, 0.29) is 0 Å². The highest BCUT2D eigenvalue weighted by Crippen LogP contribution is 2.16. The Morgan fingerprint density at radius 1 is 1.31 bits per heavy atom. The minimum Gasteiger partial charge on any atom is -0.293 e. The van der Waals surface area contributed by atoms with Gasteiger partial charge in [-0.3, -0.25) is 4.90 Å². The SMILES string of the molecule is CSCCN(CCBr)CC(F)(F)F. The molecule has 0 radical (unpaired) electrons. The molecule has 0 saturated carbocycles. The molecule has 0 aliphatic carbocycles. The fraction of sp³-hybridized carbons (Fsp3) is 1.00. The first-order chi connectivity index (χ1) is 5.99. The molecule has 0 atom stereocenters. The third-order valence-corrected chi connectivity index (χ3v) is 2.36. The standard InChI is InChI=1S/C7H13BrF3NS/c1-13-5-4-12(3-2-8)6-7(9,10)11/h2-6H2,1H3. The first kappa shape index (κ1) is 13.6. The van der Waals surface area contributed by atoms with E-state index in [1.807, 2.05) is 6.26 Å². The van der Waals surface area contributed by atoms with Gasteiger partial charge in [0.15, 0.2) is 0 Å².